The highest BCUT2D eigenvalue weighted by atomic mass is 35.5. The Morgan fingerprint density at radius 1 is 1.41 bits per heavy atom. The highest BCUT2D eigenvalue weighted by molar-refractivity contribution is 6.33. The highest BCUT2D eigenvalue weighted by Crippen LogP contribution is 2.22. The SMILES string of the molecule is CC(NC1CC1)C(=O)Nc1ccccc1Cl.Cl. The number of para-hydroxylation sites is 1. The average molecular weight is 275 g/mol. The molecule has 1 aliphatic carbocycles. The number of anilines is 1. The standard InChI is InChI=1S/C12H15ClN2O.ClH/c1-8(14-9-6-7-9)12(16)15-11-5-3-2-4-10(11)13;/h2-5,8-9,14H,6-7H2,1H3,(H,15,16);1H. The number of amides is 1. The van der Waals surface area contributed by atoms with E-state index in [0.717, 1.165) is 0 Å². The van der Waals surface area contributed by atoms with E-state index in [1.54, 1.807) is 12.1 Å². The molecule has 0 saturated heterocycles. The summed E-state index contributed by atoms with van der Waals surface area (Å²) in [4.78, 5) is 11.8. The molecule has 1 amide bonds. The molecular weight excluding hydrogens is 259 g/mol. The number of carbonyl (C=O) groups is 1. The third kappa shape index (κ3) is 4.19. The third-order valence-corrected chi connectivity index (χ3v) is 2.92. The molecule has 1 fully saturated rings. The van der Waals surface area contributed by atoms with Crippen LogP contribution in [-0.2, 0) is 4.79 Å². The molecule has 17 heavy (non-hydrogen) atoms. The molecule has 5 heteroatoms. The molecule has 2 rings (SSSR count). The van der Waals surface area contributed by atoms with Crippen molar-refractivity contribution in [1.82, 2.24) is 5.32 Å². The lowest BCUT2D eigenvalue weighted by molar-refractivity contribution is -0.117. The fraction of sp³-hybridized carbons (Fsp3) is 0.417. The second-order valence-electron chi connectivity index (χ2n) is 4.13. The van der Waals surface area contributed by atoms with Gasteiger partial charge in [-0.1, -0.05) is 23.7 Å². The Bertz CT molecular complexity index is 394. The van der Waals surface area contributed by atoms with Crippen LogP contribution in [0.25, 0.3) is 0 Å². The minimum absolute atomic E-state index is 0. The van der Waals surface area contributed by atoms with Crippen molar-refractivity contribution in [2.24, 2.45) is 0 Å². The molecule has 0 spiro atoms. The molecule has 1 aromatic rings. The maximum Gasteiger partial charge on any atom is 0.241 e. The van der Waals surface area contributed by atoms with Crippen LogP contribution in [0.4, 0.5) is 5.69 Å². The van der Waals surface area contributed by atoms with Crippen LogP contribution < -0.4 is 10.6 Å². The molecule has 1 atom stereocenters. The summed E-state index contributed by atoms with van der Waals surface area (Å²) < 4.78 is 0. The van der Waals surface area contributed by atoms with Crippen LogP contribution in [0.5, 0.6) is 0 Å². The Labute approximate surface area is 112 Å². The van der Waals surface area contributed by atoms with Crippen molar-refractivity contribution in [3.63, 3.8) is 0 Å². The van der Waals surface area contributed by atoms with Gasteiger partial charge in [0, 0.05) is 6.04 Å². The highest BCUT2D eigenvalue weighted by Gasteiger charge is 2.25. The zero-order chi connectivity index (χ0) is 11.5. The molecule has 1 unspecified atom stereocenters. The fourth-order valence-corrected chi connectivity index (χ4v) is 1.67. The Morgan fingerprint density at radius 3 is 2.65 bits per heavy atom. The van der Waals surface area contributed by atoms with Crippen LogP contribution in [0, 0.1) is 0 Å². The maximum absolute atomic E-state index is 11.8. The van der Waals surface area contributed by atoms with Gasteiger partial charge in [-0.3, -0.25) is 4.79 Å². The van der Waals surface area contributed by atoms with Crippen LogP contribution in [0.3, 0.4) is 0 Å². The number of rotatable bonds is 4. The van der Waals surface area contributed by atoms with Crippen molar-refractivity contribution in [3.8, 4) is 0 Å². The number of carbonyl (C=O) groups excluding carboxylic acids is 1. The summed E-state index contributed by atoms with van der Waals surface area (Å²) >= 11 is 5.96. The largest absolute Gasteiger partial charge is 0.323 e. The lowest BCUT2D eigenvalue weighted by Gasteiger charge is -2.14. The van der Waals surface area contributed by atoms with E-state index in [9.17, 15) is 4.79 Å². The Kier molecular flexibility index (Phi) is 5.25. The van der Waals surface area contributed by atoms with Gasteiger partial charge < -0.3 is 10.6 Å². The summed E-state index contributed by atoms with van der Waals surface area (Å²) in [6.45, 7) is 1.87. The van der Waals surface area contributed by atoms with Crippen molar-refractivity contribution >= 4 is 35.6 Å². The van der Waals surface area contributed by atoms with Crippen LogP contribution in [0.1, 0.15) is 19.8 Å². The van der Waals surface area contributed by atoms with Gasteiger partial charge in [-0.05, 0) is 31.9 Å². The second-order valence-corrected chi connectivity index (χ2v) is 4.54. The van der Waals surface area contributed by atoms with Crippen LogP contribution in [-0.4, -0.2) is 18.0 Å². The summed E-state index contributed by atoms with van der Waals surface area (Å²) in [5, 5.41) is 6.61. The first-order chi connectivity index (χ1) is 7.66. The molecule has 94 valence electrons. The van der Waals surface area contributed by atoms with Gasteiger partial charge in [-0.25, -0.2) is 0 Å². The van der Waals surface area contributed by atoms with Crippen molar-refractivity contribution in [3.05, 3.63) is 29.3 Å². The lowest BCUT2D eigenvalue weighted by Crippen LogP contribution is -2.39. The van der Waals surface area contributed by atoms with E-state index >= 15 is 0 Å². The van der Waals surface area contributed by atoms with Crippen molar-refractivity contribution in [1.29, 1.82) is 0 Å². The molecule has 1 aliphatic rings. The summed E-state index contributed by atoms with van der Waals surface area (Å²) in [7, 11) is 0. The summed E-state index contributed by atoms with van der Waals surface area (Å²) in [6.07, 6.45) is 2.34. The van der Waals surface area contributed by atoms with Gasteiger partial charge in [0.15, 0.2) is 0 Å². The third-order valence-electron chi connectivity index (χ3n) is 2.59. The molecule has 0 aliphatic heterocycles. The van der Waals surface area contributed by atoms with E-state index in [4.69, 9.17) is 11.6 Å². The normalized spacial score (nSPS) is 15.9. The van der Waals surface area contributed by atoms with Gasteiger partial charge >= 0.3 is 0 Å². The quantitative estimate of drug-likeness (QED) is 0.887. The number of hydrogen-bond acceptors (Lipinski definition) is 2. The van der Waals surface area contributed by atoms with Gasteiger partial charge in [0.05, 0.1) is 16.8 Å². The molecule has 2 N–H and O–H groups in total. The monoisotopic (exact) mass is 274 g/mol. The van der Waals surface area contributed by atoms with Crippen LogP contribution in [0.15, 0.2) is 24.3 Å². The van der Waals surface area contributed by atoms with E-state index < -0.39 is 0 Å². The maximum atomic E-state index is 11.8. The van der Waals surface area contributed by atoms with Gasteiger partial charge in [0.25, 0.3) is 0 Å². The molecule has 0 aromatic heterocycles. The molecule has 3 nitrogen and oxygen atoms in total. The predicted octanol–water partition coefficient (Wildman–Crippen LogP) is 2.84. The topological polar surface area (TPSA) is 41.1 Å². The zero-order valence-corrected chi connectivity index (χ0v) is 11.1. The van der Waals surface area contributed by atoms with Gasteiger partial charge in [-0.15, -0.1) is 12.4 Å². The van der Waals surface area contributed by atoms with E-state index in [1.165, 1.54) is 12.8 Å². The van der Waals surface area contributed by atoms with E-state index in [-0.39, 0.29) is 24.4 Å². The summed E-state index contributed by atoms with van der Waals surface area (Å²) in [5.74, 6) is -0.0417. The molecule has 0 bridgehead atoms. The first-order valence-corrected chi connectivity index (χ1v) is 5.86. The Balaban J connectivity index is 0.00000144. The summed E-state index contributed by atoms with van der Waals surface area (Å²) in [5.41, 5.74) is 0.665. The van der Waals surface area contributed by atoms with E-state index in [1.807, 2.05) is 19.1 Å². The van der Waals surface area contributed by atoms with Gasteiger partial charge in [-0.2, -0.15) is 0 Å². The number of hydrogen-bond donors (Lipinski definition) is 2. The van der Waals surface area contributed by atoms with Gasteiger partial charge in [0.2, 0.25) is 5.91 Å². The molecule has 1 aromatic carbocycles. The van der Waals surface area contributed by atoms with Crippen molar-refractivity contribution < 1.29 is 4.79 Å². The van der Waals surface area contributed by atoms with Crippen LogP contribution >= 0.6 is 24.0 Å². The Hall–Kier alpha value is -0.770. The first kappa shape index (κ1) is 14.3. The average Bonchev–Trinajstić information content (AvgIpc) is 3.05. The fourth-order valence-electron chi connectivity index (χ4n) is 1.48. The number of nitrogens with one attached hydrogen (secondary N) is 2. The van der Waals surface area contributed by atoms with E-state index in [2.05, 4.69) is 10.6 Å². The molecular formula is C12H16Cl2N2O. The molecule has 1 saturated carbocycles. The van der Waals surface area contributed by atoms with Gasteiger partial charge in [0.1, 0.15) is 0 Å². The van der Waals surface area contributed by atoms with E-state index in [0.29, 0.717) is 16.8 Å². The Morgan fingerprint density at radius 2 is 2.06 bits per heavy atom. The number of halogens is 2. The second kappa shape index (κ2) is 6.24. The predicted molar refractivity (Wildman–Crippen MR) is 72.9 cm³/mol. The smallest absolute Gasteiger partial charge is 0.241 e. The minimum atomic E-state index is -0.177. The first-order valence-electron chi connectivity index (χ1n) is 5.48. The summed E-state index contributed by atoms with van der Waals surface area (Å²) in [6, 6.07) is 7.58. The molecule has 0 heterocycles. The van der Waals surface area contributed by atoms with Crippen molar-refractivity contribution in [2.75, 3.05) is 5.32 Å². The number of benzene rings is 1. The van der Waals surface area contributed by atoms with Crippen LogP contribution in [0.2, 0.25) is 5.02 Å². The zero-order valence-electron chi connectivity index (χ0n) is 9.57. The minimum Gasteiger partial charge on any atom is -0.323 e. The lowest BCUT2D eigenvalue weighted by atomic mass is 10.2. The van der Waals surface area contributed by atoms with Crippen molar-refractivity contribution in [2.45, 2.75) is 31.8 Å². The molecule has 0 radical (unpaired) electrons.